The molecule has 1 saturated carbocycles. The number of imide groups is 1. The number of nitrogens with zero attached hydrogens (tertiary/aromatic N) is 1. The fourth-order valence-electron chi connectivity index (χ4n) is 5.31. The second-order valence-electron chi connectivity index (χ2n) is 8.78. The number of rotatable bonds is 3. The van der Waals surface area contributed by atoms with Gasteiger partial charge in [-0.25, -0.2) is 0 Å². The van der Waals surface area contributed by atoms with E-state index in [0.29, 0.717) is 11.3 Å². The Kier molecular flexibility index (Phi) is 4.17. The van der Waals surface area contributed by atoms with Crippen LogP contribution in [0.25, 0.3) is 0 Å². The molecule has 2 aromatic carbocycles. The molecule has 30 heavy (non-hydrogen) atoms. The number of hydrogen-bond acceptors (Lipinski definition) is 3. The molecule has 5 nitrogen and oxygen atoms in total. The van der Waals surface area contributed by atoms with E-state index in [1.54, 1.807) is 24.3 Å². The Morgan fingerprint density at radius 1 is 0.933 bits per heavy atom. The third kappa shape index (κ3) is 2.72. The number of aryl methyl sites for hydroxylation is 2. The first-order chi connectivity index (χ1) is 14.3. The minimum Gasteiger partial charge on any atom is -0.322 e. The van der Waals surface area contributed by atoms with Crippen molar-refractivity contribution in [1.82, 2.24) is 0 Å². The van der Waals surface area contributed by atoms with Crippen molar-refractivity contribution >= 4 is 29.1 Å². The van der Waals surface area contributed by atoms with Crippen molar-refractivity contribution < 1.29 is 14.4 Å². The summed E-state index contributed by atoms with van der Waals surface area (Å²) in [5.41, 5.74) is 5.28. The molecule has 2 bridgehead atoms. The molecule has 1 heterocycles. The van der Waals surface area contributed by atoms with E-state index in [-0.39, 0.29) is 41.4 Å². The predicted octanol–water partition coefficient (Wildman–Crippen LogP) is 4.26. The molecule has 2 fully saturated rings. The number of amides is 3. The lowest BCUT2D eigenvalue weighted by Gasteiger charge is -2.19. The maximum atomic E-state index is 13.1. The lowest BCUT2D eigenvalue weighted by atomic mass is 9.82. The summed E-state index contributed by atoms with van der Waals surface area (Å²) in [5, 5.41) is 2.90. The molecule has 0 spiro atoms. The van der Waals surface area contributed by atoms with E-state index in [4.69, 9.17) is 0 Å². The molecule has 5 rings (SSSR count). The molecule has 0 aromatic heterocycles. The third-order valence-electron chi connectivity index (χ3n) is 7.03. The number of allylic oxidation sites excluding steroid dienone is 2. The normalized spacial score (nSPS) is 26.8. The number of nitrogens with one attached hydrogen (secondary N) is 1. The first kappa shape index (κ1) is 18.8. The maximum absolute atomic E-state index is 13.1. The van der Waals surface area contributed by atoms with Gasteiger partial charge in [0.25, 0.3) is 5.91 Å². The van der Waals surface area contributed by atoms with Gasteiger partial charge in [0.15, 0.2) is 0 Å². The van der Waals surface area contributed by atoms with E-state index >= 15 is 0 Å². The van der Waals surface area contributed by atoms with E-state index in [0.717, 1.165) is 17.7 Å². The van der Waals surface area contributed by atoms with Crippen LogP contribution in [-0.2, 0) is 9.59 Å². The Morgan fingerprint density at radius 3 is 2.33 bits per heavy atom. The van der Waals surface area contributed by atoms with Gasteiger partial charge in [-0.2, -0.15) is 0 Å². The Labute approximate surface area is 175 Å². The summed E-state index contributed by atoms with van der Waals surface area (Å²) in [4.78, 5) is 40.0. The first-order valence-corrected chi connectivity index (χ1v) is 10.4. The van der Waals surface area contributed by atoms with E-state index in [9.17, 15) is 14.4 Å². The zero-order chi connectivity index (χ0) is 21.2. The minimum atomic E-state index is -0.224. The van der Waals surface area contributed by atoms with Crippen LogP contribution in [0.15, 0.2) is 54.1 Å². The van der Waals surface area contributed by atoms with Crippen molar-refractivity contribution in [1.29, 1.82) is 0 Å². The Bertz CT molecular complexity index is 1120. The zero-order valence-corrected chi connectivity index (χ0v) is 17.3. The van der Waals surface area contributed by atoms with Crippen molar-refractivity contribution in [2.75, 3.05) is 10.2 Å². The van der Waals surface area contributed by atoms with Crippen LogP contribution in [0.5, 0.6) is 0 Å². The highest BCUT2D eigenvalue weighted by atomic mass is 16.2. The lowest BCUT2D eigenvalue weighted by Crippen LogP contribution is -2.33. The molecule has 3 aliphatic rings. The highest BCUT2D eigenvalue weighted by Crippen LogP contribution is 2.55. The zero-order valence-electron chi connectivity index (χ0n) is 17.3. The fraction of sp³-hybridized carbons (Fsp3) is 0.320. The van der Waals surface area contributed by atoms with E-state index in [1.807, 2.05) is 32.0 Å². The minimum absolute atomic E-state index is 0.0997. The summed E-state index contributed by atoms with van der Waals surface area (Å²) < 4.78 is 0. The van der Waals surface area contributed by atoms with Crippen molar-refractivity contribution in [2.24, 2.45) is 23.7 Å². The van der Waals surface area contributed by atoms with Gasteiger partial charge in [-0.3, -0.25) is 19.3 Å². The van der Waals surface area contributed by atoms with Gasteiger partial charge in [-0.1, -0.05) is 17.7 Å². The quantitative estimate of drug-likeness (QED) is 0.618. The average molecular weight is 400 g/mol. The average Bonchev–Trinajstić information content (AvgIpc) is 3.35. The van der Waals surface area contributed by atoms with Crippen LogP contribution in [0.4, 0.5) is 11.4 Å². The molecule has 0 unspecified atom stereocenters. The van der Waals surface area contributed by atoms with Crippen LogP contribution in [0.1, 0.15) is 34.8 Å². The van der Waals surface area contributed by atoms with Crippen molar-refractivity contribution in [3.05, 3.63) is 70.8 Å². The van der Waals surface area contributed by atoms with Crippen LogP contribution in [0, 0.1) is 37.5 Å². The summed E-state index contributed by atoms with van der Waals surface area (Å²) in [5.74, 6) is -0.488. The van der Waals surface area contributed by atoms with Gasteiger partial charge in [0.2, 0.25) is 11.8 Å². The van der Waals surface area contributed by atoms with Gasteiger partial charge in [0.05, 0.1) is 17.5 Å². The molecule has 152 valence electrons. The second kappa shape index (κ2) is 6.66. The smallest absolute Gasteiger partial charge is 0.255 e. The fourth-order valence-corrected chi connectivity index (χ4v) is 5.31. The summed E-state index contributed by atoms with van der Waals surface area (Å²) in [7, 11) is 0. The van der Waals surface area contributed by atoms with Crippen LogP contribution in [0.3, 0.4) is 0 Å². The van der Waals surface area contributed by atoms with Gasteiger partial charge >= 0.3 is 0 Å². The van der Waals surface area contributed by atoms with Gasteiger partial charge < -0.3 is 5.32 Å². The molecule has 5 heteroatoms. The van der Waals surface area contributed by atoms with Crippen LogP contribution >= 0.6 is 0 Å². The van der Waals surface area contributed by atoms with E-state index in [2.05, 4.69) is 18.3 Å². The molecular weight excluding hydrogens is 376 g/mol. The maximum Gasteiger partial charge on any atom is 0.255 e. The molecule has 2 aliphatic carbocycles. The van der Waals surface area contributed by atoms with Crippen LogP contribution < -0.4 is 10.2 Å². The number of carbonyl (C=O) groups excluding carboxylic acids is 3. The number of anilines is 2. The highest BCUT2D eigenvalue weighted by molar-refractivity contribution is 6.23. The SMILES string of the molecule is CC1=C[C@H]2C[C@H]1[C@@H]1C(=O)N(c3ccc(C(=O)Nc4ccc(C)c(C)c4)cc3)C(=O)[C@@H]12. The van der Waals surface area contributed by atoms with Crippen LogP contribution in [0.2, 0.25) is 0 Å². The number of benzene rings is 2. The number of carbonyl (C=O) groups is 3. The summed E-state index contributed by atoms with van der Waals surface area (Å²) in [6.07, 6.45) is 3.09. The number of hydrogen-bond donors (Lipinski definition) is 1. The molecule has 1 saturated heterocycles. The summed E-state index contributed by atoms with van der Waals surface area (Å²) >= 11 is 0. The lowest BCUT2D eigenvalue weighted by molar-refractivity contribution is -0.123. The molecule has 1 aliphatic heterocycles. The number of fused-ring (bicyclic) bond motifs is 5. The Hall–Kier alpha value is -3.21. The van der Waals surface area contributed by atoms with E-state index < -0.39 is 0 Å². The van der Waals surface area contributed by atoms with Crippen molar-refractivity contribution in [3.8, 4) is 0 Å². The standard InChI is InChI=1S/C25H24N2O3/c1-13-4-7-18(11-14(13)2)26-23(28)16-5-8-19(9-6-16)27-24(29)21-17-10-15(3)20(12-17)22(21)25(27)30/h4-11,17,20-22H,12H2,1-3H3,(H,26,28)/t17-,20+,21+,22-/m0/s1. The first-order valence-electron chi connectivity index (χ1n) is 10.4. The highest BCUT2D eigenvalue weighted by Gasteiger charge is 2.60. The largest absolute Gasteiger partial charge is 0.322 e. The molecule has 2 aromatic rings. The Balaban J connectivity index is 1.34. The predicted molar refractivity (Wildman–Crippen MR) is 115 cm³/mol. The summed E-state index contributed by atoms with van der Waals surface area (Å²) in [6.45, 7) is 6.09. The summed E-state index contributed by atoms with van der Waals surface area (Å²) in [6, 6.07) is 12.5. The van der Waals surface area contributed by atoms with Crippen molar-refractivity contribution in [2.45, 2.75) is 27.2 Å². The van der Waals surface area contributed by atoms with Gasteiger partial charge in [-0.05, 0) is 86.6 Å². The van der Waals surface area contributed by atoms with E-state index in [1.165, 1.54) is 16.0 Å². The third-order valence-corrected chi connectivity index (χ3v) is 7.03. The Morgan fingerprint density at radius 2 is 1.63 bits per heavy atom. The molecule has 4 atom stereocenters. The van der Waals surface area contributed by atoms with Gasteiger partial charge in [0, 0.05) is 11.3 Å². The molecular formula is C25H24N2O3. The second-order valence-corrected chi connectivity index (χ2v) is 8.78. The molecule has 0 radical (unpaired) electrons. The molecule has 3 amide bonds. The van der Waals surface area contributed by atoms with Crippen molar-refractivity contribution in [3.63, 3.8) is 0 Å². The van der Waals surface area contributed by atoms with Gasteiger partial charge in [0.1, 0.15) is 0 Å². The molecule has 1 N–H and O–H groups in total. The van der Waals surface area contributed by atoms with Crippen LogP contribution in [-0.4, -0.2) is 17.7 Å². The van der Waals surface area contributed by atoms with Gasteiger partial charge in [-0.15, -0.1) is 0 Å². The topological polar surface area (TPSA) is 66.5 Å². The monoisotopic (exact) mass is 400 g/mol.